The molecule has 1 aliphatic heterocycles. The predicted molar refractivity (Wildman–Crippen MR) is 91.9 cm³/mol. The molecule has 1 aliphatic rings. The maximum atomic E-state index is 12.6. The van der Waals surface area contributed by atoms with Crippen LogP contribution in [0.15, 0.2) is 46.5 Å². The summed E-state index contributed by atoms with van der Waals surface area (Å²) < 4.78 is 5.13. The standard InChI is InChI=1S/C17H18N4O4/c1-24-14-6-4-13(5-7-14)21-10-2-3-15(16(21)22)25-19-11-12-8-9-18-17(23)20-12/h4-9,11,15H,2-3,10H2,1H3,(H,18,20,23)/b19-11+. The molecule has 8 nitrogen and oxygen atoms in total. The van der Waals surface area contributed by atoms with Gasteiger partial charge in [-0.15, -0.1) is 0 Å². The summed E-state index contributed by atoms with van der Waals surface area (Å²) in [6, 6.07) is 8.88. The number of aromatic nitrogens is 2. The van der Waals surface area contributed by atoms with Crippen LogP contribution in [0.4, 0.5) is 5.69 Å². The third-order valence-electron chi connectivity index (χ3n) is 3.85. The van der Waals surface area contributed by atoms with Gasteiger partial charge in [0, 0.05) is 18.4 Å². The summed E-state index contributed by atoms with van der Waals surface area (Å²) in [6.45, 7) is 0.631. The van der Waals surface area contributed by atoms with E-state index in [2.05, 4.69) is 15.1 Å². The van der Waals surface area contributed by atoms with E-state index in [0.29, 0.717) is 18.7 Å². The number of carbonyl (C=O) groups excluding carboxylic acids is 1. The maximum absolute atomic E-state index is 12.6. The van der Waals surface area contributed by atoms with E-state index in [0.717, 1.165) is 17.9 Å². The molecule has 0 spiro atoms. The zero-order valence-electron chi connectivity index (χ0n) is 13.7. The molecule has 0 radical (unpaired) electrons. The number of carbonyl (C=O) groups is 1. The van der Waals surface area contributed by atoms with Crippen LogP contribution in [0.3, 0.4) is 0 Å². The van der Waals surface area contributed by atoms with Crippen LogP contribution >= 0.6 is 0 Å². The molecular weight excluding hydrogens is 324 g/mol. The van der Waals surface area contributed by atoms with Gasteiger partial charge in [0.1, 0.15) is 5.75 Å². The summed E-state index contributed by atoms with van der Waals surface area (Å²) >= 11 is 0. The molecule has 8 heteroatoms. The topological polar surface area (TPSA) is 96.9 Å². The number of amides is 1. The number of nitrogens with one attached hydrogen (secondary N) is 1. The van der Waals surface area contributed by atoms with Crippen LogP contribution in [0.5, 0.6) is 5.75 Å². The second-order valence-corrected chi connectivity index (χ2v) is 5.49. The zero-order valence-corrected chi connectivity index (χ0v) is 13.7. The SMILES string of the molecule is COc1ccc(N2CCCC(O/N=C/c3ccnc(=O)[nH]3)C2=O)cc1. The van der Waals surface area contributed by atoms with Gasteiger partial charge in [0.25, 0.3) is 5.91 Å². The molecular formula is C17H18N4O4. The summed E-state index contributed by atoms with van der Waals surface area (Å²) in [5.41, 5.74) is 0.778. The number of rotatable bonds is 5. The van der Waals surface area contributed by atoms with Crippen molar-refractivity contribution in [1.82, 2.24) is 9.97 Å². The van der Waals surface area contributed by atoms with Gasteiger partial charge in [-0.05, 0) is 43.2 Å². The van der Waals surface area contributed by atoms with E-state index in [1.165, 1.54) is 12.4 Å². The lowest BCUT2D eigenvalue weighted by atomic mass is 10.1. The average Bonchev–Trinajstić information content (AvgIpc) is 2.63. The van der Waals surface area contributed by atoms with Crippen molar-refractivity contribution < 1.29 is 14.4 Å². The lowest BCUT2D eigenvalue weighted by Crippen LogP contribution is -2.45. The molecule has 1 amide bonds. The van der Waals surface area contributed by atoms with Gasteiger partial charge in [0.05, 0.1) is 19.0 Å². The normalized spacial score (nSPS) is 17.7. The lowest BCUT2D eigenvalue weighted by molar-refractivity contribution is -0.132. The smallest absolute Gasteiger partial charge is 0.345 e. The molecule has 2 aromatic rings. The van der Waals surface area contributed by atoms with Crippen LogP contribution in [-0.2, 0) is 9.63 Å². The number of ether oxygens (including phenoxy) is 1. The number of piperidine rings is 1. The molecule has 1 aromatic carbocycles. The number of anilines is 1. The van der Waals surface area contributed by atoms with E-state index in [9.17, 15) is 9.59 Å². The summed E-state index contributed by atoms with van der Waals surface area (Å²) in [5.74, 6) is 0.591. The Kier molecular flexibility index (Phi) is 5.08. The molecule has 0 bridgehead atoms. The van der Waals surface area contributed by atoms with Crippen LogP contribution in [0, 0.1) is 0 Å². The van der Waals surface area contributed by atoms with Crippen molar-refractivity contribution in [3.05, 3.63) is 52.7 Å². The molecule has 1 aromatic heterocycles. The Morgan fingerprint density at radius 3 is 2.80 bits per heavy atom. The lowest BCUT2D eigenvalue weighted by Gasteiger charge is -2.30. The minimum Gasteiger partial charge on any atom is -0.497 e. The molecule has 0 saturated carbocycles. The van der Waals surface area contributed by atoms with Crippen LogP contribution in [0.25, 0.3) is 0 Å². The number of benzene rings is 1. The average molecular weight is 342 g/mol. The number of hydrogen-bond acceptors (Lipinski definition) is 6. The summed E-state index contributed by atoms with van der Waals surface area (Å²) in [4.78, 5) is 36.8. The molecule has 1 N–H and O–H groups in total. The Hall–Kier alpha value is -3.16. The van der Waals surface area contributed by atoms with Crippen LogP contribution < -0.4 is 15.3 Å². The quantitative estimate of drug-likeness (QED) is 0.653. The number of hydrogen-bond donors (Lipinski definition) is 1. The van der Waals surface area contributed by atoms with Crippen molar-refractivity contribution in [3.63, 3.8) is 0 Å². The van der Waals surface area contributed by atoms with Gasteiger partial charge in [-0.3, -0.25) is 4.79 Å². The third-order valence-corrected chi connectivity index (χ3v) is 3.85. The highest BCUT2D eigenvalue weighted by Crippen LogP contribution is 2.24. The van der Waals surface area contributed by atoms with E-state index in [1.807, 2.05) is 24.3 Å². The zero-order chi connectivity index (χ0) is 17.6. The van der Waals surface area contributed by atoms with Gasteiger partial charge < -0.3 is 19.5 Å². The Morgan fingerprint density at radius 2 is 2.08 bits per heavy atom. The van der Waals surface area contributed by atoms with Crippen molar-refractivity contribution in [2.45, 2.75) is 18.9 Å². The fraction of sp³-hybridized carbons (Fsp3) is 0.294. The fourth-order valence-corrected chi connectivity index (χ4v) is 2.58. The van der Waals surface area contributed by atoms with E-state index >= 15 is 0 Å². The third kappa shape index (κ3) is 4.03. The highest BCUT2D eigenvalue weighted by atomic mass is 16.6. The van der Waals surface area contributed by atoms with Gasteiger partial charge in [-0.25, -0.2) is 9.78 Å². The van der Waals surface area contributed by atoms with Crippen LogP contribution in [0.1, 0.15) is 18.5 Å². The van der Waals surface area contributed by atoms with Gasteiger partial charge >= 0.3 is 5.69 Å². The van der Waals surface area contributed by atoms with Crippen molar-refractivity contribution in [2.75, 3.05) is 18.6 Å². The fourth-order valence-electron chi connectivity index (χ4n) is 2.58. The first-order chi connectivity index (χ1) is 12.2. The minimum atomic E-state index is -0.652. The Bertz CT molecular complexity index is 816. The molecule has 1 fully saturated rings. The van der Waals surface area contributed by atoms with E-state index in [-0.39, 0.29) is 5.91 Å². The summed E-state index contributed by atoms with van der Waals surface area (Å²) in [7, 11) is 1.60. The number of methoxy groups -OCH3 is 1. The molecule has 3 rings (SSSR count). The molecule has 1 saturated heterocycles. The minimum absolute atomic E-state index is 0.142. The van der Waals surface area contributed by atoms with Crippen molar-refractivity contribution in [3.8, 4) is 5.75 Å². The number of H-pyrrole nitrogens is 1. The van der Waals surface area contributed by atoms with E-state index < -0.39 is 11.8 Å². The molecule has 25 heavy (non-hydrogen) atoms. The van der Waals surface area contributed by atoms with Crippen LogP contribution in [-0.4, -0.2) is 41.8 Å². The molecule has 130 valence electrons. The van der Waals surface area contributed by atoms with Gasteiger partial charge in [-0.1, -0.05) is 5.16 Å². The second-order valence-electron chi connectivity index (χ2n) is 5.49. The largest absolute Gasteiger partial charge is 0.497 e. The Labute approximate surface area is 144 Å². The van der Waals surface area contributed by atoms with E-state index in [1.54, 1.807) is 18.1 Å². The van der Waals surface area contributed by atoms with Crippen molar-refractivity contribution in [1.29, 1.82) is 0 Å². The first-order valence-corrected chi connectivity index (χ1v) is 7.87. The Morgan fingerprint density at radius 1 is 1.28 bits per heavy atom. The predicted octanol–water partition coefficient (Wildman–Crippen LogP) is 1.32. The van der Waals surface area contributed by atoms with Gasteiger partial charge in [-0.2, -0.15) is 0 Å². The highest BCUT2D eigenvalue weighted by Gasteiger charge is 2.31. The van der Waals surface area contributed by atoms with Gasteiger partial charge in [0.2, 0.25) is 6.10 Å². The Balaban J connectivity index is 1.66. The van der Waals surface area contributed by atoms with Gasteiger partial charge in [0.15, 0.2) is 0 Å². The summed E-state index contributed by atoms with van der Waals surface area (Å²) in [6.07, 6.45) is 3.47. The first-order valence-electron chi connectivity index (χ1n) is 7.87. The summed E-state index contributed by atoms with van der Waals surface area (Å²) in [5, 5.41) is 3.82. The van der Waals surface area contributed by atoms with Crippen molar-refractivity contribution >= 4 is 17.8 Å². The second kappa shape index (κ2) is 7.61. The molecule has 1 unspecified atom stereocenters. The number of oxime groups is 1. The first kappa shape index (κ1) is 16.7. The molecule has 2 heterocycles. The van der Waals surface area contributed by atoms with E-state index in [4.69, 9.17) is 9.57 Å². The van der Waals surface area contributed by atoms with Crippen molar-refractivity contribution in [2.24, 2.45) is 5.16 Å². The molecule has 1 atom stereocenters. The van der Waals surface area contributed by atoms with Crippen LogP contribution in [0.2, 0.25) is 0 Å². The highest BCUT2D eigenvalue weighted by molar-refractivity contribution is 5.97. The monoisotopic (exact) mass is 342 g/mol. The number of aromatic amines is 1. The molecule has 0 aliphatic carbocycles. The maximum Gasteiger partial charge on any atom is 0.345 e. The number of nitrogens with zero attached hydrogens (tertiary/aromatic N) is 3.